The Labute approximate surface area is 167 Å². The number of alkyl halides is 1. The van der Waals surface area contributed by atoms with Crippen molar-refractivity contribution in [1.82, 2.24) is 19.5 Å². The Kier molecular flexibility index (Phi) is 4.42. The molecule has 0 bridgehead atoms. The highest BCUT2D eigenvalue weighted by Gasteiger charge is 2.21. The Balaban J connectivity index is 1.84. The van der Waals surface area contributed by atoms with Gasteiger partial charge in [-0.1, -0.05) is 6.07 Å². The van der Waals surface area contributed by atoms with Crippen LogP contribution in [0.2, 0.25) is 0 Å². The number of aromatic nitrogens is 4. The lowest BCUT2D eigenvalue weighted by Gasteiger charge is -2.10. The molecule has 6 nitrogen and oxygen atoms in total. The topological polar surface area (TPSA) is 80.5 Å². The van der Waals surface area contributed by atoms with E-state index in [9.17, 15) is 9.65 Å². The average Bonchev–Trinajstić information content (AvgIpc) is 3.24. The molecule has 0 aliphatic heterocycles. The van der Waals surface area contributed by atoms with Gasteiger partial charge in [0.25, 0.3) is 0 Å². The minimum absolute atomic E-state index is 0.0746. The van der Waals surface area contributed by atoms with E-state index >= 15 is 0 Å². The lowest BCUT2D eigenvalue weighted by Crippen LogP contribution is -2.15. The Morgan fingerprint density at radius 2 is 2.00 bits per heavy atom. The van der Waals surface area contributed by atoms with Crippen molar-refractivity contribution in [2.24, 2.45) is 7.05 Å². The van der Waals surface area contributed by atoms with Gasteiger partial charge in [-0.3, -0.25) is 0 Å². The minimum Gasteiger partial charge on any atom is -0.441 e. The van der Waals surface area contributed by atoms with E-state index in [1.807, 2.05) is 36.7 Å². The van der Waals surface area contributed by atoms with Gasteiger partial charge in [0.15, 0.2) is 11.7 Å². The SMILES string of the molecule is Cc1nc2cc(-c3nc(C#N)ccc3-c3cnc(CC(C)(C)F)o3)ccc2n1C. The van der Waals surface area contributed by atoms with Gasteiger partial charge < -0.3 is 8.98 Å². The van der Waals surface area contributed by atoms with Gasteiger partial charge >= 0.3 is 0 Å². The third-order valence-electron chi connectivity index (χ3n) is 4.78. The molecular formula is C22H20FN5O. The van der Waals surface area contributed by atoms with Crippen molar-refractivity contribution in [1.29, 1.82) is 5.26 Å². The van der Waals surface area contributed by atoms with Crippen molar-refractivity contribution in [3.8, 4) is 28.7 Å². The standard InChI is InChI=1S/C22H20FN5O/c1-13-26-17-9-14(5-8-18(17)28(13)4)21-16(7-6-15(11-24)27-21)19-12-25-20(29-19)10-22(2,3)23/h5-9,12H,10H2,1-4H3. The van der Waals surface area contributed by atoms with Crippen LogP contribution >= 0.6 is 0 Å². The zero-order valence-electron chi connectivity index (χ0n) is 16.7. The first-order valence-corrected chi connectivity index (χ1v) is 9.24. The van der Waals surface area contributed by atoms with Gasteiger partial charge in [0.2, 0.25) is 0 Å². The van der Waals surface area contributed by atoms with Crippen LogP contribution in [0, 0.1) is 18.3 Å². The Bertz CT molecular complexity index is 1260. The van der Waals surface area contributed by atoms with Gasteiger partial charge in [-0.05, 0) is 45.0 Å². The van der Waals surface area contributed by atoms with Crippen LogP contribution in [0.25, 0.3) is 33.6 Å². The molecular weight excluding hydrogens is 369 g/mol. The quantitative estimate of drug-likeness (QED) is 0.503. The van der Waals surface area contributed by atoms with Crippen LogP contribution in [-0.2, 0) is 13.5 Å². The largest absolute Gasteiger partial charge is 0.441 e. The molecule has 0 spiro atoms. The molecule has 0 fully saturated rings. The number of pyridine rings is 1. The average molecular weight is 389 g/mol. The summed E-state index contributed by atoms with van der Waals surface area (Å²) in [6.07, 6.45) is 1.64. The van der Waals surface area contributed by atoms with Gasteiger partial charge in [-0.15, -0.1) is 0 Å². The van der Waals surface area contributed by atoms with Crippen LogP contribution in [0.1, 0.15) is 31.3 Å². The van der Waals surface area contributed by atoms with E-state index < -0.39 is 5.67 Å². The Hall–Kier alpha value is -3.53. The number of hydrogen-bond donors (Lipinski definition) is 0. The molecule has 0 saturated carbocycles. The predicted molar refractivity (Wildman–Crippen MR) is 108 cm³/mol. The number of hydrogen-bond acceptors (Lipinski definition) is 5. The van der Waals surface area contributed by atoms with Crippen LogP contribution in [0.3, 0.4) is 0 Å². The van der Waals surface area contributed by atoms with Gasteiger partial charge in [-0.2, -0.15) is 5.26 Å². The fraction of sp³-hybridized carbons (Fsp3) is 0.273. The molecule has 0 unspecified atom stereocenters. The summed E-state index contributed by atoms with van der Waals surface area (Å²) in [5, 5.41) is 9.31. The van der Waals surface area contributed by atoms with Gasteiger partial charge in [0, 0.05) is 18.2 Å². The predicted octanol–water partition coefficient (Wildman–Crippen LogP) is 4.76. The molecule has 3 aromatic heterocycles. The molecule has 7 heteroatoms. The second-order valence-electron chi connectivity index (χ2n) is 7.64. The van der Waals surface area contributed by atoms with Crippen LogP contribution in [0.4, 0.5) is 4.39 Å². The van der Waals surface area contributed by atoms with Crippen LogP contribution < -0.4 is 0 Å². The van der Waals surface area contributed by atoms with E-state index in [2.05, 4.69) is 21.0 Å². The number of halogens is 1. The molecule has 0 aliphatic carbocycles. The Morgan fingerprint density at radius 1 is 1.21 bits per heavy atom. The maximum Gasteiger partial charge on any atom is 0.198 e. The number of nitrogens with zero attached hydrogens (tertiary/aromatic N) is 5. The van der Waals surface area contributed by atoms with E-state index in [0.717, 1.165) is 22.4 Å². The number of nitriles is 1. The first-order chi connectivity index (χ1) is 13.7. The monoisotopic (exact) mass is 389 g/mol. The van der Waals surface area contributed by atoms with Gasteiger partial charge in [-0.25, -0.2) is 19.3 Å². The number of fused-ring (bicyclic) bond motifs is 1. The molecule has 146 valence electrons. The van der Waals surface area contributed by atoms with Gasteiger partial charge in [0.1, 0.15) is 23.3 Å². The zero-order chi connectivity index (χ0) is 20.8. The second kappa shape index (κ2) is 6.82. The fourth-order valence-corrected chi connectivity index (χ4v) is 3.28. The number of benzene rings is 1. The minimum atomic E-state index is -1.42. The van der Waals surface area contributed by atoms with Gasteiger partial charge in [0.05, 0.1) is 29.3 Å². The number of aryl methyl sites for hydroxylation is 2. The molecule has 3 heterocycles. The van der Waals surface area contributed by atoms with E-state index in [1.54, 1.807) is 18.3 Å². The molecule has 4 rings (SSSR count). The van der Waals surface area contributed by atoms with E-state index in [4.69, 9.17) is 4.42 Å². The van der Waals surface area contributed by atoms with Crippen LogP contribution in [0.5, 0.6) is 0 Å². The fourth-order valence-electron chi connectivity index (χ4n) is 3.28. The molecule has 0 atom stereocenters. The molecule has 0 saturated heterocycles. The molecule has 0 aliphatic rings. The molecule has 29 heavy (non-hydrogen) atoms. The molecule has 1 aromatic carbocycles. The van der Waals surface area contributed by atoms with Crippen molar-refractivity contribution in [2.45, 2.75) is 32.9 Å². The second-order valence-corrected chi connectivity index (χ2v) is 7.64. The van der Waals surface area contributed by atoms with Crippen molar-refractivity contribution in [3.63, 3.8) is 0 Å². The van der Waals surface area contributed by atoms with Crippen molar-refractivity contribution in [3.05, 3.63) is 53.9 Å². The number of imidazole rings is 1. The smallest absolute Gasteiger partial charge is 0.198 e. The van der Waals surface area contributed by atoms with Crippen molar-refractivity contribution in [2.75, 3.05) is 0 Å². The molecule has 0 N–H and O–H groups in total. The summed E-state index contributed by atoms with van der Waals surface area (Å²) in [4.78, 5) is 13.3. The molecule has 0 amide bonds. The third kappa shape index (κ3) is 3.61. The van der Waals surface area contributed by atoms with E-state index in [1.165, 1.54) is 13.8 Å². The highest BCUT2D eigenvalue weighted by Crippen LogP contribution is 2.33. The third-order valence-corrected chi connectivity index (χ3v) is 4.78. The lowest BCUT2D eigenvalue weighted by molar-refractivity contribution is 0.202. The summed E-state index contributed by atoms with van der Waals surface area (Å²) in [6, 6.07) is 11.3. The van der Waals surface area contributed by atoms with Crippen molar-refractivity contribution >= 4 is 11.0 Å². The summed E-state index contributed by atoms with van der Waals surface area (Å²) in [5.74, 6) is 1.71. The number of rotatable bonds is 4. The Morgan fingerprint density at radius 3 is 2.72 bits per heavy atom. The maximum atomic E-state index is 14.0. The van der Waals surface area contributed by atoms with Crippen molar-refractivity contribution < 1.29 is 8.81 Å². The summed E-state index contributed by atoms with van der Waals surface area (Å²) < 4.78 is 21.8. The van der Waals surface area contributed by atoms with Crippen LogP contribution in [0.15, 0.2) is 40.9 Å². The first kappa shape index (κ1) is 18.8. The first-order valence-electron chi connectivity index (χ1n) is 9.24. The highest BCUT2D eigenvalue weighted by atomic mass is 19.1. The van der Waals surface area contributed by atoms with Crippen LogP contribution in [-0.4, -0.2) is 25.2 Å². The molecule has 4 aromatic rings. The number of oxazole rings is 1. The lowest BCUT2D eigenvalue weighted by atomic mass is 10.0. The zero-order valence-corrected chi connectivity index (χ0v) is 16.7. The van der Waals surface area contributed by atoms with E-state index in [-0.39, 0.29) is 6.42 Å². The van der Waals surface area contributed by atoms with E-state index in [0.29, 0.717) is 28.6 Å². The normalized spacial score (nSPS) is 11.7. The summed E-state index contributed by atoms with van der Waals surface area (Å²) in [7, 11) is 1.97. The maximum absolute atomic E-state index is 14.0. The molecule has 0 radical (unpaired) electrons. The summed E-state index contributed by atoms with van der Waals surface area (Å²) in [6.45, 7) is 4.91. The highest BCUT2D eigenvalue weighted by molar-refractivity contribution is 5.86. The summed E-state index contributed by atoms with van der Waals surface area (Å²) in [5.41, 5.74) is 2.82. The summed E-state index contributed by atoms with van der Waals surface area (Å²) >= 11 is 0.